The van der Waals surface area contributed by atoms with Crippen molar-refractivity contribution in [3.63, 3.8) is 0 Å². The van der Waals surface area contributed by atoms with Crippen LogP contribution in [0.25, 0.3) is 0 Å². The van der Waals surface area contributed by atoms with Crippen LogP contribution < -0.4 is 14.8 Å². The van der Waals surface area contributed by atoms with Crippen LogP contribution in [0.5, 0.6) is 5.75 Å². The SMILES string of the molecule is COc1ccc(S(=O)(=O)N[C@@H](C)C(=O)Nc2ccc(F)c(F)c2F)cc1C. The first-order valence-electron chi connectivity index (χ1n) is 7.68. The minimum atomic E-state index is -4.06. The first kappa shape index (κ1) is 20.7. The highest BCUT2D eigenvalue weighted by molar-refractivity contribution is 7.89. The van der Waals surface area contributed by atoms with Crippen molar-refractivity contribution in [3.05, 3.63) is 53.3 Å². The molecule has 0 aliphatic rings. The Labute approximate surface area is 154 Å². The van der Waals surface area contributed by atoms with Gasteiger partial charge in [0.05, 0.1) is 23.7 Å². The standard InChI is InChI=1S/C17H17F3N2O4S/c1-9-8-11(4-7-14(9)26-3)27(24,25)22-10(2)17(23)21-13-6-5-12(18)15(19)16(13)20/h4-8,10,22H,1-3H3,(H,21,23)/t10-/m0/s1. The Kier molecular flexibility index (Phi) is 6.11. The molecule has 2 rings (SSSR count). The van der Waals surface area contributed by atoms with Crippen LogP contribution in [0.1, 0.15) is 12.5 Å². The van der Waals surface area contributed by atoms with E-state index in [9.17, 15) is 26.4 Å². The zero-order chi connectivity index (χ0) is 20.4. The number of anilines is 1. The summed E-state index contributed by atoms with van der Waals surface area (Å²) in [5, 5.41) is 2.01. The highest BCUT2D eigenvalue weighted by atomic mass is 32.2. The highest BCUT2D eigenvalue weighted by Gasteiger charge is 2.24. The number of methoxy groups -OCH3 is 1. The topological polar surface area (TPSA) is 84.5 Å². The second-order valence-electron chi connectivity index (χ2n) is 5.69. The summed E-state index contributed by atoms with van der Waals surface area (Å²) >= 11 is 0. The van der Waals surface area contributed by atoms with Crippen molar-refractivity contribution < 1.29 is 31.1 Å². The molecule has 2 N–H and O–H groups in total. The Morgan fingerprint density at radius 2 is 1.78 bits per heavy atom. The number of sulfonamides is 1. The van der Waals surface area contributed by atoms with Gasteiger partial charge in [0, 0.05) is 0 Å². The van der Waals surface area contributed by atoms with Gasteiger partial charge in [-0.2, -0.15) is 4.72 Å². The van der Waals surface area contributed by atoms with E-state index in [0.29, 0.717) is 17.4 Å². The van der Waals surface area contributed by atoms with Crippen LogP contribution in [-0.4, -0.2) is 27.5 Å². The number of ether oxygens (including phenoxy) is 1. The summed E-state index contributed by atoms with van der Waals surface area (Å²) in [7, 11) is -2.62. The van der Waals surface area contributed by atoms with Crippen molar-refractivity contribution in [1.29, 1.82) is 0 Å². The fourth-order valence-electron chi connectivity index (χ4n) is 2.24. The number of benzene rings is 2. The third kappa shape index (κ3) is 4.58. The van der Waals surface area contributed by atoms with E-state index in [1.54, 1.807) is 6.92 Å². The number of rotatable bonds is 6. The van der Waals surface area contributed by atoms with Crippen LogP contribution in [-0.2, 0) is 14.8 Å². The Bertz CT molecular complexity index is 980. The normalized spacial score (nSPS) is 12.5. The molecule has 10 heteroatoms. The van der Waals surface area contributed by atoms with E-state index in [2.05, 4.69) is 4.72 Å². The Hall–Kier alpha value is -2.59. The number of aryl methyl sites for hydroxylation is 1. The van der Waals surface area contributed by atoms with Gasteiger partial charge in [-0.05, 0) is 49.7 Å². The van der Waals surface area contributed by atoms with Gasteiger partial charge in [-0.3, -0.25) is 4.79 Å². The predicted molar refractivity (Wildman–Crippen MR) is 92.5 cm³/mol. The van der Waals surface area contributed by atoms with Gasteiger partial charge in [0.1, 0.15) is 5.75 Å². The minimum absolute atomic E-state index is 0.0977. The van der Waals surface area contributed by atoms with E-state index < -0.39 is 45.1 Å². The Balaban J connectivity index is 2.16. The van der Waals surface area contributed by atoms with E-state index in [4.69, 9.17) is 4.74 Å². The maximum absolute atomic E-state index is 13.6. The van der Waals surface area contributed by atoms with Crippen molar-refractivity contribution in [2.75, 3.05) is 12.4 Å². The Morgan fingerprint density at radius 3 is 2.37 bits per heavy atom. The number of nitrogens with one attached hydrogen (secondary N) is 2. The van der Waals surface area contributed by atoms with Gasteiger partial charge in [-0.15, -0.1) is 0 Å². The molecular weight excluding hydrogens is 385 g/mol. The maximum atomic E-state index is 13.6. The van der Waals surface area contributed by atoms with Crippen molar-refractivity contribution in [2.24, 2.45) is 0 Å². The van der Waals surface area contributed by atoms with Crippen LogP contribution >= 0.6 is 0 Å². The van der Waals surface area contributed by atoms with E-state index >= 15 is 0 Å². The molecule has 0 aliphatic carbocycles. The molecule has 6 nitrogen and oxygen atoms in total. The number of halogens is 3. The number of hydrogen-bond acceptors (Lipinski definition) is 4. The van der Waals surface area contributed by atoms with Crippen molar-refractivity contribution >= 4 is 21.6 Å². The second-order valence-corrected chi connectivity index (χ2v) is 7.40. The molecule has 0 saturated heterocycles. The molecule has 0 heterocycles. The summed E-state index contributed by atoms with van der Waals surface area (Å²) in [5.41, 5.74) is -0.0356. The van der Waals surface area contributed by atoms with Gasteiger partial charge in [0.2, 0.25) is 15.9 Å². The molecule has 0 aliphatic heterocycles. The molecule has 27 heavy (non-hydrogen) atoms. The maximum Gasteiger partial charge on any atom is 0.242 e. The van der Waals surface area contributed by atoms with Gasteiger partial charge >= 0.3 is 0 Å². The largest absolute Gasteiger partial charge is 0.496 e. The lowest BCUT2D eigenvalue weighted by Crippen LogP contribution is -2.41. The van der Waals surface area contributed by atoms with E-state index in [0.717, 1.165) is 6.07 Å². The molecule has 1 amide bonds. The van der Waals surface area contributed by atoms with Crippen LogP contribution in [0.15, 0.2) is 35.2 Å². The lowest BCUT2D eigenvalue weighted by molar-refractivity contribution is -0.117. The van der Waals surface area contributed by atoms with Gasteiger partial charge in [0.15, 0.2) is 17.5 Å². The summed E-state index contributed by atoms with van der Waals surface area (Å²) < 4.78 is 71.8. The molecule has 2 aromatic rings. The third-order valence-corrected chi connectivity index (χ3v) is 5.23. The molecule has 2 aromatic carbocycles. The molecule has 0 unspecified atom stereocenters. The number of carbonyl (C=O) groups is 1. The average molecular weight is 402 g/mol. The van der Waals surface area contributed by atoms with E-state index in [1.165, 1.54) is 32.2 Å². The second kappa shape index (κ2) is 7.97. The summed E-state index contributed by atoms with van der Waals surface area (Å²) in [6, 6.07) is 4.28. The smallest absolute Gasteiger partial charge is 0.242 e. The molecule has 0 fully saturated rings. The van der Waals surface area contributed by atoms with Crippen LogP contribution in [0.3, 0.4) is 0 Å². The quantitative estimate of drug-likeness (QED) is 0.728. The van der Waals surface area contributed by atoms with Crippen LogP contribution in [0.4, 0.5) is 18.9 Å². The zero-order valence-electron chi connectivity index (χ0n) is 14.6. The predicted octanol–water partition coefficient (Wildman–Crippen LogP) is 2.73. The fraction of sp³-hybridized carbons (Fsp3) is 0.235. The summed E-state index contributed by atoms with van der Waals surface area (Å²) in [5.74, 6) is -5.18. The zero-order valence-corrected chi connectivity index (χ0v) is 15.5. The molecule has 0 bridgehead atoms. The minimum Gasteiger partial charge on any atom is -0.496 e. The molecular formula is C17H17F3N2O4S. The monoisotopic (exact) mass is 402 g/mol. The van der Waals surface area contributed by atoms with E-state index in [1.807, 2.05) is 5.32 Å². The van der Waals surface area contributed by atoms with Crippen molar-refractivity contribution in [2.45, 2.75) is 24.8 Å². The third-order valence-electron chi connectivity index (χ3n) is 3.69. The molecule has 1 atom stereocenters. The number of hydrogen-bond donors (Lipinski definition) is 2. The first-order chi connectivity index (χ1) is 12.6. The highest BCUT2D eigenvalue weighted by Crippen LogP contribution is 2.22. The van der Waals surface area contributed by atoms with Crippen molar-refractivity contribution in [3.8, 4) is 5.75 Å². The first-order valence-corrected chi connectivity index (χ1v) is 9.16. The van der Waals surface area contributed by atoms with Crippen LogP contribution in [0, 0.1) is 24.4 Å². The average Bonchev–Trinajstić information content (AvgIpc) is 2.61. The lowest BCUT2D eigenvalue weighted by Gasteiger charge is -2.15. The number of carbonyl (C=O) groups excluding carboxylic acids is 1. The molecule has 146 valence electrons. The van der Waals surface area contributed by atoms with Gasteiger partial charge in [-0.25, -0.2) is 21.6 Å². The molecule has 0 aromatic heterocycles. The van der Waals surface area contributed by atoms with Gasteiger partial charge in [0.25, 0.3) is 0 Å². The van der Waals surface area contributed by atoms with Gasteiger partial charge in [-0.1, -0.05) is 0 Å². The van der Waals surface area contributed by atoms with Crippen LogP contribution in [0.2, 0.25) is 0 Å². The van der Waals surface area contributed by atoms with Crippen molar-refractivity contribution in [1.82, 2.24) is 4.72 Å². The fourth-order valence-corrected chi connectivity index (χ4v) is 3.52. The lowest BCUT2D eigenvalue weighted by atomic mass is 10.2. The molecule has 0 spiro atoms. The number of amides is 1. The van der Waals surface area contributed by atoms with Gasteiger partial charge < -0.3 is 10.1 Å². The van der Waals surface area contributed by atoms with E-state index in [-0.39, 0.29) is 4.90 Å². The summed E-state index contributed by atoms with van der Waals surface area (Å²) in [6.45, 7) is 2.88. The summed E-state index contributed by atoms with van der Waals surface area (Å²) in [4.78, 5) is 12.0. The molecule has 0 radical (unpaired) electrons. The Morgan fingerprint density at radius 1 is 1.11 bits per heavy atom. The summed E-state index contributed by atoms with van der Waals surface area (Å²) in [6.07, 6.45) is 0. The molecule has 0 saturated carbocycles.